The van der Waals surface area contributed by atoms with E-state index in [1.54, 1.807) is 10.8 Å². The molecule has 0 saturated heterocycles. The molecule has 1 aromatic heterocycles. The summed E-state index contributed by atoms with van der Waals surface area (Å²) in [5.74, 6) is 0. The van der Waals surface area contributed by atoms with Gasteiger partial charge in [-0.3, -0.25) is 13.9 Å². The van der Waals surface area contributed by atoms with Crippen LogP contribution in [-0.2, 0) is 13.6 Å². The average Bonchev–Trinajstić information content (AvgIpc) is 2.37. The lowest BCUT2D eigenvalue weighted by Crippen LogP contribution is -2.41. The Balaban J connectivity index is 2.49. The lowest BCUT2D eigenvalue weighted by molar-refractivity contribution is 0.336. The van der Waals surface area contributed by atoms with Crippen molar-refractivity contribution in [2.75, 3.05) is 0 Å². The van der Waals surface area contributed by atoms with Crippen LogP contribution in [0.25, 0.3) is 0 Å². The van der Waals surface area contributed by atoms with Gasteiger partial charge in [0.1, 0.15) is 0 Å². The molecular formula is C12H19N3O2. The standard InChI is InChI=1S/C12H19N3O2/c1-14-11(16)9(7-13)8-15(12(14)17)10-5-3-2-4-6-10/h8,10H,2-7,13H2,1H3. The fourth-order valence-corrected chi connectivity index (χ4v) is 2.51. The summed E-state index contributed by atoms with van der Waals surface area (Å²) < 4.78 is 2.86. The van der Waals surface area contributed by atoms with E-state index in [0.717, 1.165) is 30.3 Å². The van der Waals surface area contributed by atoms with Gasteiger partial charge in [-0.2, -0.15) is 0 Å². The van der Waals surface area contributed by atoms with Gasteiger partial charge in [-0.15, -0.1) is 0 Å². The highest BCUT2D eigenvalue weighted by Crippen LogP contribution is 2.26. The molecule has 0 aliphatic heterocycles. The Morgan fingerprint density at radius 1 is 1.29 bits per heavy atom. The fraction of sp³-hybridized carbons (Fsp3) is 0.667. The van der Waals surface area contributed by atoms with Gasteiger partial charge in [0.25, 0.3) is 5.56 Å². The van der Waals surface area contributed by atoms with Gasteiger partial charge in [0.2, 0.25) is 0 Å². The van der Waals surface area contributed by atoms with Crippen molar-refractivity contribution in [1.29, 1.82) is 0 Å². The smallest absolute Gasteiger partial charge is 0.326 e. The van der Waals surface area contributed by atoms with Crippen LogP contribution < -0.4 is 17.0 Å². The van der Waals surface area contributed by atoms with E-state index in [4.69, 9.17) is 5.73 Å². The topological polar surface area (TPSA) is 70.0 Å². The van der Waals surface area contributed by atoms with Crippen LogP contribution in [0.4, 0.5) is 0 Å². The van der Waals surface area contributed by atoms with Gasteiger partial charge >= 0.3 is 5.69 Å². The molecule has 0 bridgehead atoms. The molecule has 0 spiro atoms. The zero-order valence-electron chi connectivity index (χ0n) is 10.2. The fourth-order valence-electron chi connectivity index (χ4n) is 2.51. The van der Waals surface area contributed by atoms with E-state index in [1.165, 1.54) is 13.5 Å². The van der Waals surface area contributed by atoms with E-state index in [9.17, 15) is 9.59 Å². The summed E-state index contributed by atoms with van der Waals surface area (Å²) in [7, 11) is 1.52. The summed E-state index contributed by atoms with van der Waals surface area (Å²) >= 11 is 0. The van der Waals surface area contributed by atoms with Gasteiger partial charge in [-0.25, -0.2) is 4.79 Å². The third kappa shape index (κ3) is 2.20. The van der Waals surface area contributed by atoms with Crippen LogP contribution in [0.15, 0.2) is 15.8 Å². The van der Waals surface area contributed by atoms with E-state index in [-0.39, 0.29) is 23.8 Å². The first-order valence-corrected chi connectivity index (χ1v) is 6.16. The van der Waals surface area contributed by atoms with Crippen LogP contribution in [0.5, 0.6) is 0 Å². The number of hydrogen-bond acceptors (Lipinski definition) is 3. The van der Waals surface area contributed by atoms with E-state index in [0.29, 0.717) is 5.56 Å². The summed E-state index contributed by atoms with van der Waals surface area (Å²) in [5, 5.41) is 0. The Morgan fingerprint density at radius 3 is 2.53 bits per heavy atom. The second-order valence-corrected chi connectivity index (χ2v) is 4.70. The first-order chi connectivity index (χ1) is 8.15. The van der Waals surface area contributed by atoms with Gasteiger partial charge in [0.05, 0.1) is 0 Å². The molecule has 1 aromatic rings. The van der Waals surface area contributed by atoms with Crippen molar-refractivity contribution >= 4 is 0 Å². The van der Waals surface area contributed by atoms with Crippen molar-refractivity contribution < 1.29 is 0 Å². The Morgan fingerprint density at radius 2 is 1.94 bits per heavy atom. The van der Waals surface area contributed by atoms with Crippen molar-refractivity contribution in [3.05, 3.63) is 32.6 Å². The molecule has 94 valence electrons. The highest BCUT2D eigenvalue weighted by Gasteiger charge is 2.18. The van der Waals surface area contributed by atoms with Crippen molar-refractivity contribution in [1.82, 2.24) is 9.13 Å². The number of aromatic nitrogens is 2. The van der Waals surface area contributed by atoms with E-state index < -0.39 is 0 Å². The Labute approximate surface area is 99.9 Å². The van der Waals surface area contributed by atoms with E-state index in [2.05, 4.69) is 0 Å². The molecule has 0 unspecified atom stereocenters. The summed E-state index contributed by atoms with van der Waals surface area (Å²) in [4.78, 5) is 23.8. The highest BCUT2D eigenvalue weighted by atomic mass is 16.2. The molecule has 2 N–H and O–H groups in total. The maximum atomic E-state index is 12.0. The number of hydrogen-bond donors (Lipinski definition) is 1. The lowest BCUT2D eigenvalue weighted by atomic mass is 9.95. The molecule has 1 aliphatic rings. The third-order valence-electron chi connectivity index (χ3n) is 3.57. The zero-order chi connectivity index (χ0) is 12.4. The molecule has 0 amide bonds. The molecule has 1 heterocycles. The quantitative estimate of drug-likeness (QED) is 0.814. The Kier molecular flexibility index (Phi) is 3.47. The van der Waals surface area contributed by atoms with Crippen molar-refractivity contribution in [3.63, 3.8) is 0 Å². The van der Waals surface area contributed by atoms with E-state index in [1.807, 2.05) is 0 Å². The average molecular weight is 237 g/mol. The number of nitrogens with zero attached hydrogens (tertiary/aromatic N) is 2. The maximum absolute atomic E-state index is 12.0. The van der Waals surface area contributed by atoms with Crippen LogP contribution in [0.1, 0.15) is 43.7 Å². The first kappa shape index (κ1) is 12.1. The highest BCUT2D eigenvalue weighted by molar-refractivity contribution is 5.06. The maximum Gasteiger partial charge on any atom is 0.330 e. The molecule has 5 heteroatoms. The minimum absolute atomic E-state index is 0.180. The van der Waals surface area contributed by atoms with Gasteiger partial charge in [-0.1, -0.05) is 19.3 Å². The van der Waals surface area contributed by atoms with Gasteiger partial charge in [0, 0.05) is 31.4 Å². The Bertz CT molecular complexity index is 509. The van der Waals surface area contributed by atoms with Crippen LogP contribution in [-0.4, -0.2) is 9.13 Å². The largest absolute Gasteiger partial charge is 0.330 e. The van der Waals surface area contributed by atoms with Crippen LogP contribution >= 0.6 is 0 Å². The number of nitrogens with two attached hydrogens (primary N) is 1. The summed E-state index contributed by atoms with van der Waals surface area (Å²) in [6.45, 7) is 0.180. The molecule has 1 aliphatic carbocycles. The van der Waals surface area contributed by atoms with Crippen LogP contribution in [0.3, 0.4) is 0 Å². The molecular weight excluding hydrogens is 218 g/mol. The normalized spacial score (nSPS) is 17.3. The SMILES string of the molecule is Cn1c(=O)c(CN)cn(C2CCCCC2)c1=O. The van der Waals surface area contributed by atoms with Gasteiger partial charge < -0.3 is 5.73 Å². The van der Waals surface area contributed by atoms with Gasteiger partial charge in [-0.05, 0) is 12.8 Å². The van der Waals surface area contributed by atoms with Crippen molar-refractivity contribution in [2.45, 2.75) is 44.7 Å². The molecule has 0 aromatic carbocycles. The van der Waals surface area contributed by atoms with Crippen LogP contribution in [0, 0.1) is 0 Å². The molecule has 0 radical (unpaired) electrons. The monoisotopic (exact) mass is 237 g/mol. The summed E-state index contributed by atoms with van der Waals surface area (Å²) in [5.41, 5.74) is 5.55. The molecule has 5 nitrogen and oxygen atoms in total. The number of rotatable bonds is 2. The van der Waals surface area contributed by atoms with E-state index >= 15 is 0 Å². The lowest BCUT2D eigenvalue weighted by Gasteiger charge is -2.24. The van der Waals surface area contributed by atoms with Crippen molar-refractivity contribution in [3.8, 4) is 0 Å². The molecule has 17 heavy (non-hydrogen) atoms. The van der Waals surface area contributed by atoms with Crippen molar-refractivity contribution in [2.24, 2.45) is 12.8 Å². The minimum Gasteiger partial charge on any atom is -0.326 e. The van der Waals surface area contributed by atoms with Crippen LogP contribution in [0.2, 0.25) is 0 Å². The first-order valence-electron chi connectivity index (χ1n) is 6.16. The summed E-state index contributed by atoms with van der Waals surface area (Å²) in [6, 6.07) is 0.230. The zero-order valence-corrected chi connectivity index (χ0v) is 10.2. The molecule has 1 fully saturated rings. The molecule has 2 rings (SSSR count). The predicted molar refractivity (Wildman–Crippen MR) is 66.0 cm³/mol. The molecule has 0 atom stereocenters. The minimum atomic E-state index is -0.274. The Hall–Kier alpha value is -1.36. The third-order valence-corrected chi connectivity index (χ3v) is 3.57. The van der Waals surface area contributed by atoms with Gasteiger partial charge in [0.15, 0.2) is 0 Å². The second-order valence-electron chi connectivity index (χ2n) is 4.70. The molecule has 1 saturated carbocycles. The predicted octanol–water partition coefficient (Wildman–Crippen LogP) is 0.511. The second kappa shape index (κ2) is 4.87. The summed E-state index contributed by atoms with van der Waals surface area (Å²) in [6.07, 6.45) is 7.22.